The number of pyridine rings is 1. The van der Waals surface area contributed by atoms with E-state index in [2.05, 4.69) is 53.8 Å². The van der Waals surface area contributed by atoms with Gasteiger partial charge in [0, 0.05) is 30.4 Å². The number of fused-ring (bicyclic) bond motifs is 1. The average Bonchev–Trinajstić information content (AvgIpc) is 3.39. The molecule has 8 heteroatoms. The normalized spacial score (nSPS) is 15.5. The third kappa shape index (κ3) is 5.99. The topological polar surface area (TPSA) is 66.0 Å². The first-order valence-electron chi connectivity index (χ1n) is 13.9. The minimum absolute atomic E-state index is 0.216. The number of oxazole rings is 1. The summed E-state index contributed by atoms with van der Waals surface area (Å²) in [5, 5.41) is 9.38. The smallest absolute Gasteiger partial charge is 0.417 e. The predicted molar refractivity (Wildman–Crippen MR) is 150 cm³/mol. The first-order chi connectivity index (χ1) is 19.1. The number of halogens is 3. The minimum atomic E-state index is -4.36. The summed E-state index contributed by atoms with van der Waals surface area (Å²) in [4.78, 5) is 10.8. The lowest BCUT2D eigenvalue weighted by Gasteiger charge is -2.33. The van der Waals surface area contributed by atoms with Crippen LogP contribution in [-0.4, -0.2) is 23.1 Å². The van der Waals surface area contributed by atoms with Crippen LogP contribution in [0, 0.1) is 17.2 Å². The van der Waals surface area contributed by atoms with E-state index in [0.29, 0.717) is 34.6 Å². The van der Waals surface area contributed by atoms with Gasteiger partial charge in [-0.3, -0.25) is 0 Å². The van der Waals surface area contributed by atoms with Gasteiger partial charge in [0.15, 0.2) is 5.58 Å². The fourth-order valence-corrected chi connectivity index (χ4v) is 5.47. The lowest BCUT2D eigenvalue weighted by Crippen LogP contribution is -2.34. The van der Waals surface area contributed by atoms with E-state index in [1.54, 1.807) is 6.07 Å². The van der Waals surface area contributed by atoms with Gasteiger partial charge in [-0.25, -0.2) is 9.97 Å². The Hall–Kier alpha value is -3.86. The van der Waals surface area contributed by atoms with Crippen LogP contribution in [-0.2, 0) is 6.18 Å². The van der Waals surface area contributed by atoms with Crippen LogP contribution in [0.3, 0.4) is 0 Å². The van der Waals surface area contributed by atoms with E-state index in [9.17, 15) is 18.4 Å². The van der Waals surface area contributed by atoms with Gasteiger partial charge in [-0.15, -0.1) is 0 Å². The highest BCUT2D eigenvalue weighted by molar-refractivity contribution is 5.81. The van der Waals surface area contributed by atoms with Gasteiger partial charge in [0.25, 0.3) is 0 Å². The van der Waals surface area contributed by atoms with Crippen LogP contribution in [0.15, 0.2) is 59.1 Å². The van der Waals surface area contributed by atoms with Crippen molar-refractivity contribution in [3.8, 4) is 17.5 Å². The highest BCUT2D eigenvalue weighted by atomic mass is 19.4. The maximum absolute atomic E-state index is 12.8. The van der Waals surface area contributed by atoms with Crippen molar-refractivity contribution in [2.45, 2.75) is 64.5 Å². The minimum Gasteiger partial charge on any atom is -0.436 e. The van der Waals surface area contributed by atoms with Gasteiger partial charge in [0.2, 0.25) is 5.89 Å². The maximum atomic E-state index is 12.8. The third-order valence-corrected chi connectivity index (χ3v) is 8.02. The number of anilines is 1. The number of nitrogens with zero attached hydrogens (tertiary/aromatic N) is 4. The molecule has 1 atom stereocenters. The zero-order chi connectivity index (χ0) is 28.4. The Kier molecular flexibility index (Phi) is 7.84. The number of nitriles is 1. The van der Waals surface area contributed by atoms with Crippen molar-refractivity contribution in [1.82, 2.24) is 9.97 Å². The van der Waals surface area contributed by atoms with Crippen molar-refractivity contribution in [1.29, 1.82) is 5.26 Å². The summed E-state index contributed by atoms with van der Waals surface area (Å²) in [5.41, 5.74) is 4.47. The lowest BCUT2D eigenvalue weighted by atomic mass is 9.87. The summed E-state index contributed by atoms with van der Waals surface area (Å²) in [6.07, 6.45) is 0.768. The van der Waals surface area contributed by atoms with E-state index >= 15 is 0 Å². The molecule has 1 aliphatic rings. The van der Waals surface area contributed by atoms with E-state index in [-0.39, 0.29) is 5.92 Å². The molecule has 0 radical (unpaired) electrons. The number of rotatable bonds is 7. The molecule has 5 rings (SSSR count). The van der Waals surface area contributed by atoms with E-state index < -0.39 is 11.7 Å². The average molecular weight is 547 g/mol. The van der Waals surface area contributed by atoms with Crippen molar-refractivity contribution in [3.63, 3.8) is 0 Å². The molecular weight excluding hydrogens is 513 g/mol. The van der Waals surface area contributed by atoms with Gasteiger partial charge in [-0.1, -0.05) is 32.9 Å². The summed E-state index contributed by atoms with van der Waals surface area (Å²) in [7, 11) is 0. The molecule has 4 aromatic rings. The van der Waals surface area contributed by atoms with Crippen molar-refractivity contribution in [2.75, 3.05) is 18.0 Å². The van der Waals surface area contributed by atoms with E-state index in [0.717, 1.165) is 67.7 Å². The second kappa shape index (κ2) is 11.3. The monoisotopic (exact) mass is 546 g/mol. The van der Waals surface area contributed by atoms with Crippen LogP contribution < -0.4 is 4.90 Å². The number of benzene rings is 2. The molecule has 2 aromatic heterocycles. The Bertz CT molecular complexity index is 1490. The number of alkyl halides is 3. The zero-order valence-corrected chi connectivity index (χ0v) is 23.0. The molecular formula is C32H33F3N4O. The molecule has 0 amide bonds. The highest BCUT2D eigenvalue weighted by Gasteiger charge is 2.31. The summed E-state index contributed by atoms with van der Waals surface area (Å²) < 4.78 is 44.6. The van der Waals surface area contributed by atoms with Gasteiger partial charge in [-0.05, 0) is 85.4 Å². The fourth-order valence-electron chi connectivity index (χ4n) is 5.47. The molecule has 0 aliphatic carbocycles. The molecule has 5 nitrogen and oxygen atoms in total. The molecule has 1 aliphatic heterocycles. The second-order valence-corrected chi connectivity index (χ2v) is 11.1. The maximum Gasteiger partial charge on any atom is 0.417 e. The number of hydrogen-bond donors (Lipinski definition) is 0. The van der Waals surface area contributed by atoms with Crippen LogP contribution >= 0.6 is 0 Å². The van der Waals surface area contributed by atoms with E-state index in [1.807, 2.05) is 18.2 Å². The summed E-state index contributed by atoms with van der Waals surface area (Å²) >= 11 is 0. The van der Waals surface area contributed by atoms with Crippen molar-refractivity contribution < 1.29 is 17.6 Å². The summed E-state index contributed by atoms with van der Waals surface area (Å²) in [5.74, 6) is 2.39. The summed E-state index contributed by atoms with van der Waals surface area (Å²) in [6.45, 7) is 8.02. The van der Waals surface area contributed by atoms with Crippen molar-refractivity contribution >= 4 is 16.9 Å². The fraction of sp³-hybridized carbons (Fsp3) is 0.406. The molecule has 2 aromatic carbocycles. The molecule has 3 heterocycles. The van der Waals surface area contributed by atoms with E-state index in [4.69, 9.17) is 4.42 Å². The van der Waals surface area contributed by atoms with Crippen LogP contribution in [0.2, 0.25) is 0 Å². The zero-order valence-electron chi connectivity index (χ0n) is 23.0. The van der Waals surface area contributed by atoms with Gasteiger partial charge in [0.05, 0.1) is 17.2 Å². The van der Waals surface area contributed by atoms with Crippen molar-refractivity contribution in [2.24, 2.45) is 5.92 Å². The van der Waals surface area contributed by atoms with Crippen molar-refractivity contribution in [3.05, 3.63) is 77.0 Å². The molecule has 1 unspecified atom stereocenters. The van der Waals surface area contributed by atoms with E-state index in [1.165, 1.54) is 11.6 Å². The van der Waals surface area contributed by atoms with Gasteiger partial charge >= 0.3 is 6.18 Å². The Morgan fingerprint density at radius 2 is 1.77 bits per heavy atom. The Balaban J connectivity index is 1.16. The summed E-state index contributed by atoms with van der Waals surface area (Å²) in [6, 6.07) is 16.8. The molecule has 208 valence electrons. The first-order valence-corrected chi connectivity index (χ1v) is 13.9. The molecule has 0 N–H and O–H groups in total. The number of piperidine rings is 1. The molecule has 0 bridgehead atoms. The van der Waals surface area contributed by atoms with Gasteiger partial charge in [-0.2, -0.15) is 18.4 Å². The standard InChI is InChI=1S/C32H33F3N4O/c1-20(2)27-16-23(18-36)17-28-30(27)40-31(38-28)25-8-6-24(7-9-25)21(3)4-5-22-12-14-39(15-13-22)29-11-10-26(19-37-29)32(33,34)35/h6-11,16-17,19-22H,4-5,12-15H2,1-3H3. The number of hydrogen-bond acceptors (Lipinski definition) is 5. The van der Waals surface area contributed by atoms with Crippen LogP contribution in [0.5, 0.6) is 0 Å². The first kappa shape index (κ1) is 27.7. The molecule has 1 fully saturated rings. The highest BCUT2D eigenvalue weighted by Crippen LogP contribution is 2.34. The van der Waals surface area contributed by atoms with Crippen LogP contribution in [0.4, 0.5) is 19.0 Å². The third-order valence-electron chi connectivity index (χ3n) is 8.02. The molecule has 0 spiro atoms. The Morgan fingerprint density at radius 1 is 1.05 bits per heavy atom. The molecule has 1 saturated heterocycles. The van der Waals surface area contributed by atoms with Crippen LogP contribution in [0.1, 0.15) is 80.5 Å². The molecule has 40 heavy (non-hydrogen) atoms. The Morgan fingerprint density at radius 3 is 2.38 bits per heavy atom. The van der Waals surface area contributed by atoms with Gasteiger partial charge in [0.1, 0.15) is 11.3 Å². The van der Waals surface area contributed by atoms with Gasteiger partial charge < -0.3 is 9.32 Å². The predicted octanol–water partition coefficient (Wildman–Crippen LogP) is 8.70. The quantitative estimate of drug-likeness (QED) is 0.232. The second-order valence-electron chi connectivity index (χ2n) is 11.1. The Labute approximate surface area is 232 Å². The number of aromatic nitrogens is 2. The largest absolute Gasteiger partial charge is 0.436 e. The SMILES string of the molecule is CC(C)c1cc(C#N)cc2nc(-c3ccc(C(C)CCC4CCN(c5ccc(C(F)(F)F)cn5)CC4)cc3)oc12. The lowest BCUT2D eigenvalue weighted by molar-refractivity contribution is -0.137. The van der Waals surface area contributed by atoms with Crippen LogP contribution in [0.25, 0.3) is 22.6 Å². The molecule has 0 saturated carbocycles.